The largest absolute Gasteiger partial charge is 0.444 e. The molecule has 0 fully saturated rings. The molecule has 0 saturated heterocycles. The molecule has 0 heterocycles. The average Bonchev–Trinajstić information content (AvgIpc) is 2.51. The molecule has 1 amide bonds. The number of rotatable bonds is 7. The van der Waals surface area contributed by atoms with Gasteiger partial charge in [-0.2, -0.15) is 0 Å². The third-order valence-electron chi connectivity index (χ3n) is 3.09. The van der Waals surface area contributed by atoms with Crippen LogP contribution in [-0.2, 0) is 4.74 Å². The van der Waals surface area contributed by atoms with E-state index in [1.807, 2.05) is 0 Å². The molecule has 0 bridgehead atoms. The van der Waals surface area contributed by atoms with E-state index in [-0.39, 0.29) is 29.7 Å². The van der Waals surface area contributed by atoms with Gasteiger partial charge in [-0.25, -0.2) is 4.79 Å². The van der Waals surface area contributed by atoms with Crippen molar-refractivity contribution in [3.8, 4) is 0 Å². The second-order valence-corrected chi connectivity index (χ2v) is 6.40. The van der Waals surface area contributed by atoms with Gasteiger partial charge in [0.05, 0.1) is 6.10 Å². The Kier molecular flexibility index (Phi) is 7.06. The molecule has 2 unspecified atom stereocenters. The fourth-order valence-corrected chi connectivity index (χ4v) is 2.03. The lowest BCUT2D eigenvalue weighted by atomic mass is 9.98. The number of carbonyl (C=O) groups is 3. The first kappa shape index (κ1) is 19.8. The second kappa shape index (κ2) is 8.56. The molecular formula is C17H23NO6. The fraction of sp³-hybridized carbons (Fsp3) is 0.471. The van der Waals surface area contributed by atoms with Crippen LogP contribution in [0.3, 0.4) is 0 Å². The number of hydrogen-bond acceptors (Lipinski definition) is 6. The number of amides is 1. The number of carbonyl (C=O) groups excluding carboxylic acids is 3. The van der Waals surface area contributed by atoms with E-state index >= 15 is 0 Å². The molecule has 0 aromatic heterocycles. The summed E-state index contributed by atoms with van der Waals surface area (Å²) < 4.78 is 5.05. The lowest BCUT2D eigenvalue weighted by molar-refractivity contribution is 0.0122. The predicted molar refractivity (Wildman–Crippen MR) is 87.0 cm³/mol. The maximum atomic E-state index is 11.5. The maximum Gasteiger partial charge on any atom is 0.407 e. The summed E-state index contributed by atoms with van der Waals surface area (Å²) in [5.74, 6) is 0. The Morgan fingerprint density at radius 3 is 2.17 bits per heavy atom. The smallest absolute Gasteiger partial charge is 0.407 e. The summed E-state index contributed by atoms with van der Waals surface area (Å²) >= 11 is 0. The molecule has 0 saturated carbocycles. The van der Waals surface area contributed by atoms with Crippen LogP contribution >= 0.6 is 0 Å². The molecule has 0 aliphatic carbocycles. The van der Waals surface area contributed by atoms with E-state index in [4.69, 9.17) is 4.74 Å². The molecule has 1 aromatic carbocycles. The summed E-state index contributed by atoms with van der Waals surface area (Å²) in [4.78, 5) is 33.2. The van der Waals surface area contributed by atoms with Gasteiger partial charge in [-0.15, -0.1) is 0 Å². The van der Waals surface area contributed by atoms with E-state index in [1.165, 1.54) is 18.2 Å². The molecule has 1 rings (SSSR count). The van der Waals surface area contributed by atoms with Gasteiger partial charge in [0.2, 0.25) is 0 Å². The van der Waals surface area contributed by atoms with E-state index in [9.17, 15) is 24.6 Å². The quantitative estimate of drug-likeness (QED) is 0.652. The van der Waals surface area contributed by atoms with Gasteiger partial charge in [-0.05, 0) is 51.0 Å². The number of hydrogen-bond donors (Lipinski definition) is 3. The van der Waals surface area contributed by atoms with Crippen LogP contribution < -0.4 is 5.32 Å². The van der Waals surface area contributed by atoms with Crippen molar-refractivity contribution in [3.63, 3.8) is 0 Å². The van der Waals surface area contributed by atoms with Crippen molar-refractivity contribution in [2.75, 3.05) is 6.54 Å². The van der Waals surface area contributed by atoms with Crippen molar-refractivity contribution in [1.82, 2.24) is 5.32 Å². The standard InChI is InChI=1S/C17H23NO6/c1-17(2,3)24-16(23)18-5-4-14(21)15(22)13-7-11(9-19)6-12(8-13)10-20/h6-10,14-15,21-22H,4-5H2,1-3H3,(H,18,23). The van der Waals surface area contributed by atoms with Gasteiger partial charge < -0.3 is 20.3 Å². The van der Waals surface area contributed by atoms with Crippen molar-refractivity contribution in [3.05, 3.63) is 34.9 Å². The topological polar surface area (TPSA) is 113 Å². The van der Waals surface area contributed by atoms with Gasteiger partial charge in [-0.3, -0.25) is 9.59 Å². The minimum atomic E-state index is -1.29. The Morgan fingerprint density at radius 2 is 1.71 bits per heavy atom. The van der Waals surface area contributed by atoms with Crippen LogP contribution in [0.5, 0.6) is 0 Å². The van der Waals surface area contributed by atoms with E-state index in [0.717, 1.165) is 0 Å². The fourth-order valence-electron chi connectivity index (χ4n) is 2.03. The molecule has 24 heavy (non-hydrogen) atoms. The van der Waals surface area contributed by atoms with Crippen molar-refractivity contribution in [2.45, 2.75) is 45.0 Å². The number of aliphatic hydroxyl groups is 2. The van der Waals surface area contributed by atoms with Crippen LogP contribution in [0.15, 0.2) is 18.2 Å². The van der Waals surface area contributed by atoms with Crippen molar-refractivity contribution in [1.29, 1.82) is 0 Å². The van der Waals surface area contributed by atoms with Crippen molar-refractivity contribution < 1.29 is 29.3 Å². The number of aliphatic hydroxyl groups excluding tert-OH is 2. The number of aldehydes is 2. The third kappa shape index (κ3) is 6.47. The number of alkyl carbamates (subject to hydrolysis) is 1. The van der Waals surface area contributed by atoms with Gasteiger partial charge in [-0.1, -0.05) is 0 Å². The highest BCUT2D eigenvalue weighted by molar-refractivity contribution is 5.82. The van der Waals surface area contributed by atoms with E-state index in [2.05, 4.69) is 5.32 Å². The summed E-state index contributed by atoms with van der Waals surface area (Å²) in [6.45, 7) is 5.29. The summed E-state index contributed by atoms with van der Waals surface area (Å²) in [7, 11) is 0. The average molecular weight is 337 g/mol. The molecular weight excluding hydrogens is 314 g/mol. The van der Waals surface area contributed by atoms with Gasteiger partial charge >= 0.3 is 6.09 Å². The van der Waals surface area contributed by atoms with Gasteiger partial charge in [0, 0.05) is 17.7 Å². The minimum Gasteiger partial charge on any atom is -0.444 e. The Labute approximate surface area is 140 Å². The first-order valence-electron chi connectivity index (χ1n) is 7.54. The summed E-state index contributed by atoms with van der Waals surface area (Å²) in [5.41, 5.74) is 0.0924. The van der Waals surface area contributed by atoms with Crippen molar-refractivity contribution in [2.24, 2.45) is 0 Å². The maximum absolute atomic E-state index is 11.5. The molecule has 0 aliphatic heterocycles. The van der Waals surface area contributed by atoms with E-state index < -0.39 is 23.9 Å². The zero-order valence-corrected chi connectivity index (χ0v) is 14.0. The Hall–Kier alpha value is -2.25. The Morgan fingerprint density at radius 1 is 1.17 bits per heavy atom. The lowest BCUT2D eigenvalue weighted by Crippen LogP contribution is -2.34. The normalized spacial score (nSPS) is 13.7. The number of ether oxygens (including phenoxy) is 1. The molecule has 132 valence electrons. The second-order valence-electron chi connectivity index (χ2n) is 6.40. The monoisotopic (exact) mass is 337 g/mol. The first-order chi connectivity index (χ1) is 11.2. The highest BCUT2D eigenvalue weighted by atomic mass is 16.6. The highest BCUT2D eigenvalue weighted by Crippen LogP contribution is 2.21. The lowest BCUT2D eigenvalue weighted by Gasteiger charge is -2.21. The zero-order chi connectivity index (χ0) is 18.3. The first-order valence-corrected chi connectivity index (χ1v) is 7.54. The van der Waals surface area contributed by atoms with Crippen LogP contribution in [0.4, 0.5) is 4.79 Å². The molecule has 2 atom stereocenters. The summed E-state index contributed by atoms with van der Waals surface area (Å²) in [6, 6.07) is 4.18. The van der Waals surface area contributed by atoms with E-state index in [1.54, 1.807) is 20.8 Å². The Balaban J connectivity index is 2.62. The van der Waals surface area contributed by atoms with Crippen molar-refractivity contribution >= 4 is 18.7 Å². The minimum absolute atomic E-state index is 0.0716. The van der Waals surface area contributed by atoms with Crippen LogP contribution in [0.25, 0.3) is 0 Å². The predicted octanol–water partition coefficient (Wildman–Crippen LogP) is 1.62. The molecule has 3 N–H and O–H groups in total. The summed E-state index contributed by atoms with van der Waals surface area (Å²) in [6.07, 6.45) is -1.90. The zero-order valence-electron chi connectivity index (χ0n) is 14.0. The van der Waals surface area contributed by atoms with Gasteiger partial charge in [0.25, 0.3) is 0 Å². The van der Waals surface area contributed by atoms with Crippen LogP contribution in [-0.4, -0.2) is 47.1 Å². The third-order valence-corrected chi connectivity index (χ3v) is 3.09. The molecule has 1 aromatic rings. The van der Waals surface area contributed by atoms with Crippen LogP contribution in [0, 0.1) is 0 Å². The molecule has 0 radical (unpaired) electrons. The van der Waals surface area contributed by atoms with Crippen LogP contribution in [0.1, 0.15) is 59.6 Å². The SMILES string of the molecule is CC(C)(C)OC(=O)NCCC(O)C(O)c1cc(C=O)cc(C=O)c1. The van der Waals surface area contributed by atoms with Crippen LogP contribution in [0.2, 0.25) is 0 Å². The number of benzene rings is 1. The molecule has 0 aliphatic rings. The Bertz CT molecular complexity index is 567. The highest BCUT2D eigenvalue weighted by Gasteiger charge is 2.20. The molecule has 0 spiro atoms. The number of nitrogens with one attached hydrogen (secondary N) is 1. The van der Waals surface area contributed by atoms with Gasteiger partial charge in [0.1, 0.15) is 24.3 Å². The summed E-state index contributed by atoms with van der Waals surface area (Å²) in [5, 5.41) is 22.7. The molecule has 7 heteroatoms. The van der Waals surface area contributed by atoms with E-state index in [0.29, 0.717) is 12.6 Å². The molecule has 7 nitrogen and oxygen atoms in total. The van der Waals surface area contributed by atoms with Gasteiger partial charge in [0.15, 0.2) is 0 Å².